The minimum absolute atomic E-state index is 0.359. The smallest absolute Gasteiger partial charge is 0.0724 e. The summed E-state index contributed by atoms with van der Waals surface area (Å²) in [5.74, 6) is 0.359. The maximum absolute atomic E-state index is 10.8. The standard InChI is InChI=1S/C21H26N2O/c24-21-9-11-22-14-20(21)16-23(12-10-21)15-17-5-4-8-19(13-17)18-6-2-1-3-7-18/h1-8,13,20,22,24H,9-12,14-16H2/t20-,21-/m0/s1. The normalized spacial score (nSPS) is 27.6. The Balaban J connectivity index is 1.46. The molecule has 4 rings (SSSR count). The van der Waals surface area contributed by atoms with Gasteiger partial charge in [0.2, 0.25) is 0 Å². The van der Waals surface area contributed by atoms with Crippen LogP contribution < -0.4 is 5.32 Å². The van der Waals surface area contributed by atoms with Gasteiger partial charge in [-0.1, -0.05) is 48.5 Å². The molecule has 2 N–H and O–H groups in total. The number of aliphatic hydroxyl groups is 1. The molecule has 0 unspecified atom stereocenters. The van der Waals surface area contributed by atoms with Crippen LogP contribution in [0.2, 0.25) is 0 Å². The van der Waals surface area contributed by atoms with Crippen LogP contribution in [0.3, 0.4) is 0 Å². The molecular formula is C21H26N2O. The van der Waals surface area contributed by atoms with E-state index in [-0.39, 0.29) is 0 Å². The van der Waals surface area contributed by atoms with Gasteiger partial charge in [0.15, 0.2) is 0 Å². The van der Waals surface area contributed by atoms with Gasteiger partial charge < -0.3 is 10.4 Å². The maximum atomic E-state index is 10.8. The lowest BCUT2D eigenvalue weighted by Gasteiger charge is -2.47. The van der Waals surface area contributed by atoms with Gasteiger partial charge in [-0.3, -0.25) is 4.90 Å². The van der Waals surface area contributed by atoms with Gasteiger partial charge in [0.05, 0.1) is 5.60 Å². The highest BCUT2D eigenvalue weighted by Crippen LogP contribution is 2.33. The highest BCUT2D eigenvalue weighted by molar-refractivity contribution is 5.63. The first-order valence-electron chi connectivity index (χ1n) is 9.03. The van der Waals surface area contributed by atoms with Gasteiger partial charge in [-0.05, 0) is 42.1 Å². The molecule has 3 heteroatoms. The van der Waals surface area contributed by atoms with Crippen molar-refractivity contribution >= 4 is 0 Å². The van der Waals surface area contributed by atoms with Gasteiger partial charge in [0.25, 0.3) is 0 Å². The fourth-order valence-corrected chi connectivity index (χ4v) is 4.18. The van der Waals surface area contributed by atoms with Gasteiger partial charge in [-0.2, -0.15) is 0 Å². The molecule has 0 saturated carbocycles. The van der Waals surface area contributed by atoms with E-state index in [2.05, 4.69) is 64.8 Å². The van der Waals surface area contributed by atoms with Crippen molar-refractivity contribution in [1.29, 1.82) is 0 Å². The second-order valence-corrected chi connectivity index (χ2v) is 7.31. The number of hydrogen-bond acceptors (Lipinski definition) is 3. The van der Waals surface area contributed by atoms with Crippen molar-refractivity contribution in [1.82, 2.24) is 10.2 Å². The Morgan fingerprint density at radius 1 is 1.04 bits per heavy atom. The molecule has 2 fully saturated rings. The van der Waals surface area contributed by atoms with E-state index < -0.39 is 5.60 Å². The molecule has 2 saturated heterocycles. The molecule has 2 aliphatic rings. The summed E-state index contributed by atoms with van der Waals surface area (Å²) in [4.78, 5) is 2.50. The van der Waals surface area contributed by atoms with Gasteiger partial charge in [-0.25, -0.2) is 0 Å². The molecule has 2 heterocycles. The number of piperidine rings is 2. The Morgan fingerprint density at radius 2 is 1.88 bits per heavy atom. The average molecular weight is 322 g/mol. The molecule has 0 amide bonds. The number of nitrogens with one attached hydrogen (secondary N) is 1. The molecule has 0 radical (unpaired) electrons. The van der Waals surface area contributed by atoms with Crippen molar-refractivity contribution in [2.45, 2.75) is 25.0 Å². The van der Waals surface area contributed by atoms with Crippen LogP contribution in [0.5, 0.6) is 0 Å². The maximum Gasteiger partial charge on any atom is 0.0724 e. The van der Waals surface area contributed by atoms with E-state index in [4.69, 9.17) is 0 Å². The number of rotatable bonds is 3. The van der Waals surface area contributed by atoms with Crippen LogP contribution in [0.4, 0.5) is 0 Å². The first-order chi connectivity index (χ1) is 11.7. The van der Waals surface area contributed by atoms with E-state index in [0.29, 0.717) is 5.92 Å². The quantitative estimate of drug-likeness (QED) is 0.912. The largest absolute Gasteiger partial charge is 0.389 e. The van der Waals surface area contributed by atoms with E-state index in [0.717, 1.165) is 45.6 Å². The predicted molar refractivity (Wildman–Crippen MR) is 97.7 cm³/mol. The zero-order valence-electron chi connectivity index (χ0n) is 14.1. The van der Waals surface area contributed by atoms with Crippen LogP contribution in [0.1, 0.15) is 18.4 Å². The summed E-state index contributed by atoms with van der Waals surface area (Å²) in [5, 5.41) is 14.2. The fraction of sp³-hybridized carbons (Fsp3) is 0.429. The van der Waals surface area contributed by atoms with E-state index in [1.165, 1.54) is 16.7 Å². The molecule has 24 heavy (non-hydrogen) atoms. The summed E-state index contributed by atoms with van der Waals surface area (Å²) >= 11 is 0. The van der Waals surface area contributed by atoms with E-state index in [9.17, 15) is 5.11 Å². The lowest BCUT2D eigenvalue weighted by molar-refractivity contribution is -0.0899. The number of likely N-dealkylation sites (tertiary alicyclic amines) is 1. The first kappa shape index (κ1) is 15.8. The molecule has 0 spiro atoms. The highest BCUT2D eigenvalue weighted by atomic mass is 16.3. The zero-order valence-corrected chi connectivity index (χ0v) is 14.1. The Kier molecular flexibility index (Phi) is 4.40. The summed E-state index contributed by atoms with van der Waals surface area (Å²) in [6.07, 6.45) is 1.80. The molecule has 2 aromatic carbocycles. The molecule has 2 aliphatic heterocycles. The predicted octanol–water partition coefficient (Wildman–Crippen LogP) is 2.90. The van der Waals surface area contributed by atoms with Crippen molar-refractivity contribution in [2.24, 2.45) is 5.92 Å². The minimum atomic E-state index is -0.437. The van der Waals surface area contributed by atoms with Crippen LogP contribution in [-0.2, 0) is 6.54 Å². The van der Waals surface area contributed by atoms with E-state index in [1.54, 1.807) is 0 Å². The van der Waals surface area contributed by atoms with Gasteiger partial charge in [0, 0.05) is 32.1 Å². The molecule has 2 atom stereocenters. The van der Waals surface area contributed by atoms with Crippen LogP contribution in [0.15, 0.2) is 54.6 Å². The summed E-state index contributed by atoms with van der Waals surface area (Å²) in [7, 11) is 0. The SMILES string of the molecule is O[C@]12CCNC[C@H]1CN(Cc1cccc(-c3ccccc3)c1)CC2. The van der Waals surface area contributed by atoms with Gasteiger partial charge >= 0.3 is 0 Å². The lowest BCUT2D eigenvalue weighted by Crippen LogP contribution is -2.58. The number of fused-ring (bicyclic) bond motifs is 1. The Labute approximate surface area is 144 Å². The number of nitrogens with zero attached hydrogens (tertiary/aromatic N) is 1. The highest BCUT2D eigenvalue weighted by Gasteiger charge is 2.42. The molecule has 126 valence electrons. The van der Waals surface area contributed by atoms with Crippen molar-refractivity contribution in [3.63, 3.8) is 0 Å². The third kappa shape index (κ3) is 3.25. The number of hydrogen-bond donors (Lipinski definition) is 2. The summed E-state index contributed by atoms with van der Waals surface area (Å²) in [6.45, 7) is 4.83. The molecule has 0 aromatic heterocycles. The van der Waals surface area contributed by atoms with Crippen LogP contribution in [0, 0.1) is 5.92 Å². The van der Waals surface area contributed by atoms with Crippen LogP contribution in [0.25, 0.3) is 11.1 Å². The monoisotopic (exact) mass is 322 g/mol. The molecule has 0 bridgehead atoms. The number of benzene rings is 2. The fourth-order valence-electron chi connectivity index (χ4n) is 4.18. The van der Waals surface area contributed by atoms with E-state index in [1.807, 2.05) is 0 Å². The average Bonchev–Trinajstić information content (AvgIpc) is 2.63. The third-order valence-corrected chi connectivity index (χ3v) is 5.67. The topological polar surface area (TPSA) is 35.5 Å². The van der Waals surface area contributed by atoms with Crippen LogP contribution in [-0.4, -0.2) is 41.8 Å². The third-order valence-electron chi connectivity index (χ3n) is 5.67. The Hall–Kier alpha value is -1.68. The first-order valence-corrected chi connectivity index (χ1v) is 9.03. The minimum Gasteiger partial charge on any atom is -0.389 e. The van der Waals surface area contributed by atoms with Crippen molar-refractivity contribution in [3.8, 4) is 11.1 Å². The van der Waals surface area contributed by atoms with Gasteiger partial charge in [0.1, 0.15) is 0 Å². The van der Waals surface area contributed by atoms with Crippen molar-refractivity contribution < 1.29 is 5.11 Å². The molecule has 3 nitrogen and oxygen atoms in total. The summed E-state index contributed by atoms with van der Waals surface area (Å²) in [5.41, 5.74) is 3.46. The molecule has 0 aliphatic carbocycles. The van der Waals surface area contributed by atoms with Crippen molar-refractivity contribution in [3.05, 3.63) is 60.2 Å². The van der Waals surface area contributed by atoms with E-state index >= 15 is 0 Å². The second kappa shape index (κ2) is 6.67. The van der Waals surface area contributed by atoms with Gasteiger partial charge in [-0.15, -0.1) is 0 Å². The van der Waals surface area contributed by atoms with Crippen molar-refractivity contribution in [2.75, 3.05) is 26.2 Å². The van der Waals surface area contributed by atoms with Crippen LogP contribution >= 0.6 is 0 Å². The lowest BCUT2D eigenvalue weighted by atomic mass is 9.76. The molecular weight excluding hydrogens is 296 g/mol. The summed E-state index contributed by atoms with van der Waals surface area (Å²) < 4.78 is 0. The molecule has 2 aromatic rings. The Bertz CT molecular complexity index is 687. The Morgan fingerprint density at radius 3 is 2.75 bits per heavy atom. The summed E-state index contributed by atoms with van der Waals surface area (Å²) in [6, 6.07) is 19.4. The zero-order chi connectivity index (χ0) is 16.4. The second-order valence-electron chi connectivity index (χ2n) is 7.31.